The molecule has 1 heterocycles. The Labute approximate surface area is 118 Å². The third-order valence-electron chi connectivity index (χ3n) is 3.85. The largest absolute Gasteiger partial charge is 0.396 e. The van der Waals surface area contributed by atoms with E-state index in [2.05, 4.69) is 0 Å². The summed E-state index contributed by atoms with van der Waals surface area (Å²) in [6.07, 6.45) is 1.75. The van der Waals surface area contributed by atoms with Gasteiger partial charge in [0.1, 0.15) is 0 Å². The highest BCUT2D eigenvalue weighted by Crippen LogP contribution is 2.37. The number of rotatable bonds is 3. The number of hydrogen-bond acceptors (Lipinski definition) is 5. The average Bonchev–Trinajstić information content (AvgIpc) is 2.72. The fourth-order valence-electron chi connectivity index (χ4n) is 2.50. The van der Waals surface area contributed by atoms with E-state index >= 15 is 0 Å². The predicted molar refractivity (Wildman–Crippen MR) is 78.1 cm³/mol. The van der Waals surface area contributed by atoms with Crippen molar-refractivity contribution in [1.29, 1.82) is 0 Å². The molecular formula is C13H19N3O3S. The van der Waals surface area contributed by atoms with Gasteiger partial charge in [-0.2, -0.15) is 0 Å². The number of carbonyl (C=O) groups is 1. The lowest BCUT2D eigenvalue weighted by Crippen LogP contribution is -2.37. The smallest absolute Gasteiger partial charge is 0.225 e. The second-order valence-electron chi connectivity index (χ2n) is 5.56. The summed E-state index contributed by atoms with van der Waals surface area (Å²) in [5.41, 5.74) is 11.7. The minimum Gasteiger partial charge on any atom is -0.396 e. The highest BCUT2D eigenvalue weighted by Gasteiger charge is 2.39. The zero-order valence-corrected chi connectivity index (χ0v) is 12.4. The van der Waals surface area contributed by atoms with Gasteiger partial charge in [0.15, 0.2) is 9.84 Å². The van der Waals surface area contributed by atoms with Crippen molar-refractivity contribution in [2.24, 2.45) is 11.1 Å². The van der Waals surface area contributed by atoms with Gasteiger partial charge >= 0.3 is 0 Å². The predicted octanol–water partition coefficient (Wildman–Crippen LogP) is 0.374. The first-order valence-corrected chi connectivity index (χ1v) is 8.18. The molecule has 1 fully saturated rings. The maximum Gasteiger partial charge on any atom is 0.225 e. The van der Waals surface area contributed by atoms with Crippen LogP contribution in [0.3, 0.4) is 0 Å². The van der Waals surface area contributed by atoms with Crippen molar-refractivity contribution in [2.45, 2.75) is 18.2 Å². The number of para-hydroxylation sites is 1. The molecule has 20 heavy (non-hydrogen) atoms. The molecule has 1 aromatic rings. The summed E-state index contributed by atoms with van der Waals surface area (Å²) in [6.45, 7) is 2.88. The number of sulfone groups is 1. The number of nitrogens with zero attached hydrogens (tertiary/aromatic N) is 1. The molecule has 110 valence electrons. The van der Waals surface area contributed by atoms with Crippen molar-refractivity contribution in [1.82, 2.24) is 0 Å². The van der Waals surface area contributed by atoms with E-state index in [1.807, 2.05) is 11.8 Å². The lowest BCUT2D eigenvalue weighted by Gasteiger charge is -2.24. The Morgan fingerprint density at radius 2 is 2.05 bits per heavy atom. The average molecular weight is 297 g/mol. The number of nitrogen functional groups attached to an aromatic ring is 1. The van der Waals surface area contributed by atoms with Gasteiger partial charge in [-0.05, 0) is 25.5 Å². The third kappa shape index (κ3) is 2.45. The molecule has 0 radical (unpaired) electrons. The van der Waals surface area contributed by atoms with E-state index in [0.717, 1.165) is 6.26 Å². The van der Waals surface area contributed by atoms with E-state index in [0.29, 0.717) is 25.2 Å². The fourth-order valence-corrected chi connectivity index (χ4v) is 3.33. The first-order valence-electron chi connectivity index (χ1n) is 6.28. The van der Waals surface area contributed by atoms with Crippen LogP contribution in [0.5, 0.6) is 0 Å². The van der Waals surface area contributed by atoms with Gasteiger partial charge in [0, 0.05) is 19.3 Å². The van der Waals surface area contributed by atoms with Gasteiger partial charge in [-0.3, -0.25) is 4.79 Å². The van der Waals surface area contributed by atoms with Crippen LogP contribution in [0.1, 0.15) is 13.3 Å². The van der Waals surface area contributed by atoms with Crippen molar-refractivity contribution in [3.8, 4) is 0 Å². The van der Waals surface area contributed by atoms with Gasteiger partial charge < -0.3 is 16.4 Å². The van der Waals surface area contributed by atoms with E-state index < -0.39 is 15.3 Å². The van der Waals surface area contributed by atoms with Crippen LogP contribution in [0, 0.1) is 5.41 Å². The van der Waals surface area contributed by atoms with Gasteiger partial charge in [0.05, 0.1) is 21.7 Å². The minimum absolute atomic E-state index is 0.114. The first-order chi connectivity index (χ1) is 9.15. The normalized spacial score (nSPS) is 23.0. The number of hydrogen-bond donors (Lipinski definition) is 2. The van der Waals surface area contributed by atoms with E-state index in [1.165, 1.54) is 6.07 Å². The second-order valence-corrected chi connectivity index (χ2v) is 7.54. The maximum absolute atomic E-state index is 11.7. The van der Waals surface area contributed by atoms with Crippen LogP contribution in [0.15, 0.2) is 23.1 Å². The molecular weight excluding hydrogens is 278 g/mol. The standard InChI is InChI=1S/C13H19N3O3S/c1-13(12(15)17)6-7-16(8-13)9-4-3-5-10(11(9)14)20(2,18)19/h3-5H,6-8,14H2,1-2H3,(H2,15,17). The first kappa shape index (κ1) is 14.6. The van der Waals surface area contributed by atoms with Crippen LogP contribution in [-0.4, -0.2) is 33.7 Å². The molecule has 0 saturated carbocycles. The van der Waals surface area contributed by atoms with Crippen molar-refractivity contribution < 1.29 is 13.2 Å². The molecule has 1 amide bonds. The van der Waals surface area contributed by atoms with E-state index in [4.69, 9.17) is 11.5 Å². The second kappa shape index (κ2) is 4.66. The Morgan fingerprint density at radius 3 is 2.55 bits per heavy atom. The molecule has 7 heteroatoms. The van der Waals surface area contributed by atoms with Gasteiger partial charge in [-0.15, -0.1) is 0 Å². The molecule has 1 aliphatic heterocycles. The van der Waals surface area contributed by atoms with Crippen molar-refractivity contribution in [3.63, 3.8) is 0 Å². The van der Waals surface area contributed by atoms with Crippen LogP contribution in [0.25, 0.3) is 0 Å². The minimum atomic E-state index is -3.37. The van der Waals surface area contributed by atoms with E-state index in [-0.39, 0.29) is 16.5 Å². The number of amides is 1. The Kier molecular flexibility index (Phi) is 3.41. The molecule has 1 atom stereocenters. The van der Waals surface area contributed by atoms with Crippen LogP contribution >= 0.6 is 0 Å². The molecule has 1 saturated heterocycles. The van der Waals surface area contributed by atoms with Gasteiger partial charge in [0.2, 0.25) is 5.91 Å². The van der Waals surface area contributed by atoms with E-state index in [1.54, 1.807) is 12.1 Å². The summed E-state index contributed by atoms with van der Waals surface area (Å²) >= 11 is 0. The molecule has 0 spiro atoms. The Morgan fingerprint density at radius 1 is 1.40 bits per heavy atom. The fraction of sp³-hybridized carbons (Fsp3) is 0.462. The topological polar surface area (TPSA) is 106 Å². The highest BCUT2D eigenvalue weighted by atomic mass is 32.2. The zero-order valence-electron chi connectivity index (χ0n) is 11.6. The van der Waals surface area contributed by atoms with Crippen LogP contribution in [-0.2, 0) is 14.6 Å². The summed E-state index contributed by atoms with van der Waals surface area (Å²) < 4.78 is 23.4. The van der Waals surface area contributed by atoms with Crippen molar-refractivity contribution in [3.05, 3.63) is 18.2 Å². The summed E-state index contributed by atoms with van der Waals surface area (Å²) in [5.74, 6) is -0.349. The molecule has 1 aromatic carbocycles. The summed E-state index contributed by atoms with van der Waals surface area (Å²) in [7, 11) is -3.37. The number of carbonyl (C=O) groups excluding carboxylic acids is 1. The zero-order chi connectivity index (χ0) is 15.1. The van der Waals surface area contributed by atoms with Gasteiger partial charge in [-0.25, -0.2) is 8.42 Å². The summed E-state index contributed by atoms with van der Waals surface area (Å²) in [6, 6.07) is 4.90. The quantitative estimate of drug-likeness (QED) is 0.784. The highest BCUT2D eigenvalue weighted by molar-refractivity contribution is 7.90. The number of benzene rings is 1. The Balaban J connectivity index is 2.39. The van der Waals surface area contributed by atoms with Crippen molar-refractivity contribution >= 4 is 27.1 Å². The van der Waals surface area contributed by atoms with Gasteiger partial charge in [-0.1, -0.05) is 6.07 Å². The summed E-state index contributed by atoms with van der Waals surface area (Å²) in [4.78, 5) is 13.5. The Bertz CT molecular complexity index is 657. The lowest BCUT2D eigenvalue weighted by molar-refractivity contribution is -0.125. The molecule has 2 rings (SSSR count). The van der Waals surface area contributed by atoms with Crippen LogP contribution in [0.4, 0.5) is 11.4 Å². The molecule has 4 N–H and O–H groups in total. The van der Waals surface area contributed by atoms with Crippen molar-refractivity contribution in [2.75, 3.05) is 30.0 Å². The van der Waals surface area contributed by atoms with E-state index in [9.17, 15) is 13.2 Å². The Hall–Kier alpha value is -1.76. The third-order valence-corrected chi connectivity index (χ3v) is 5.01. The molecule has 1 aliphatic rings. The maximum atomic E-state index is 11.7. The monoisotopic (exact) mass is 297 g/mol. The number of nitrogens with two attached hydrogens (primary N) is 2. The molecule has 6 nitrogen and oxygen atoms in total. The molecule has 1 unspecified atom stereocenters. The molecule has 0 aromatic heterocycles. The SMILES string of the molecule is CC1(C(N)=O)CCN(c2cccc(S(C)(=O)=O)c2N)C1. The molecule has 0 bridgehead atoms. The lowest BCUT2D eigenvalue weighted by atomic mass is 9.89. The number of anilines is 2. The van der Waals surface area contributed by atoms with Crippen LogP contribution < -0.4 is 16.4 Å². The molecule has 0 aliphatic carbocycles. The summed E-state index contributed by atoms with van der Waals surface area (Å²) in [5, 5.41) is 0. The van der Waals surface area contributed by atoms with Crippen LogP contribution in [0.2, 0.25) is 0 Å². The van der Waals surface area contributed by atoms with Gasteiger partial charge in [0.25, 0.3) is 0 Å². The number of primary amides is 1.